The number of aryl methyl sites for hydroxylation is 2. The number of carbonyl (C=O) groups excluding carboxylic acids is 1. The first-order valence-corrected chi connectivity index (χ1v) is 10.4. The lowest BCUT2D eigenvalue weighted by atomic mass is 10.1. The van der Waals surface area contributed by atoms with Crippen molar-refractivity contribution >= 4 is 17.4 Å². The third-order valence-corrected chi connectivity index (χ3v) is 5.13. The Morgan fingerprint density at radius 2 is 1.89 bits per heavy atom. The molecular formula is C23H18F3N7O2. The zero-order valence-corrected chi connectivity index (χ0v) is 18.6. The number of nitrogens with zero attached hydrogens (tertiary/aromatic N) is 6. The molecule has 9 nitrogen and oxygen atoms in total. The molecule has 12 heteroatoms. The minimum atomic E-state index is -4.68. The Labute approximate surface area is 197 Å². The van der Waals surface area contributed by atoms with Crippen molar-refractivity contribution in [1.82, 2.24) is 24.6 Å². The van der Waals surface area contributed by atoms with Gasteiger partial charge in [-0.25, -0.2) is 14.5 Å². The van der Waals surface area contributed by atoms with Crippen molar-refractivity contribution in [2.24, 2.45) is 0 Å². The number of ether oxygens (including phenoxy) is 1. The van der Waals surface area contributed by atoms with Gasteiger partial charge in [0.15, 0.2) is 0 Å². The van der Waals surface area contributed by atoms with Gasteiger partial charge in [0, 0.05) is 23.9 Å². The lowest BCUT2D eigenvalue weighted by Gasteiger charge is -2.11. The molecule has 1 amide bonds. The van der Waals surface area contributed by atoms with Crippen LogP contribution in [0.4, 0.5) is 18.9 Å². The molecule has 3 heterocycles. The van der Waals surface area contributed by atoms with Gasteiger partial charge >= 0.3 is 6.18 Å². The van der Waals surface area contributed by atoms with Gasteiger partial charge in [-0.1, -0.05) is 0 Å². The van der Waals surface area contributed by atoms with Crippen molar-refractivity contribution in [3.63, 3.8) is 0 Å². The lowest BCUT2D eigenvalue weighted by molar-refractivity contribution is -0.144. The van der Waals surface area contributed by atoms with Crippen LogP contribution >= 0.6 is 0 Å². The summed E-state index contributed by atoms with van der Waals surface area (Å²) in [6.07, 6.45) is -2.92. The summed E-state index contributed by atoms with van der Waals surface area (Å²) in [5.41, 5.74) is 2.51. The summed E-state index contributed by atoms with van der Waals surface area (Å²) in [5.74, 6) is -0.888. The highest BCUT2D eigenvalue weighted by Crippen LogP contribution is 2.27. The Hall–Kier alpha value is -4.53. The molecule has 0 radical (unpaired) electrons. The highest BCUT2D eigenvalue weighted by atomic mass is 19.4. The van der Waals surface area contributed by atoms with Gasteiger partial charge in [0.25, 0.3) is 11.6 Å². The number of halogens is 3. The summed E-state index contributed by atoms with van der Waals surface area (Å²) in [6.45, 7) is 3.26. The van der Waals surface area contributed by atoms with Crippen LogP contribution in [0.25, 0.3) is 5.78 Å². The van der Waals surface area contributed by atoms with Gasteiger partial charge in [-0.3, -0.25) is 4.79 Å². The van der Waals surface area contributed by atoms with Crippen molar-refractivity contribution < 1.29 is 22.7 Å². The third-order valence-electron chi connectivity index (χ3n) is 5.13. The van der Waals surface area contributed by atoms with Crippen LogP contribution in [0, 0.1) is 25.2 Å². The predicted molar refractivity (Wildman–Crippen MR) is 118 cm³/mol. The molecule has 0 saturated carbocycles. The van der Waals surface area contributed by atoms with E-state index in [2.05, 4.69) is 25.4 Å². The Kier molecular flexibility index (Phi) is 6.33. The van der Waals surface area contributed by atoms with E-state index in [-0.39, 0.29) is 24.5 Å². The third kappa shape index (κ3) is 5.35. The molecule has 0 aliphatic carbocycles. The second kappa shape index (κ2) is 9.38. The van der Waals surface area contributed by atoms with Crippen LogP contribution in [0.2, 0.25) is 0 Å². The molecule has 0 aliphatic rings. The number of aromatic nitrogens is 5. The second-order valence-electron chi connectivity index (χ2n) is 7.58. The van der Waals surface area contributed by atoms with Crippen molar-refractivity contribution in [3.8, 4) is 17.7 Å². The molecule has 3 aromatic heterocycles. The van der Waals surface area contributed by atoms with Crippen LogP contribution in [-0.4, -0.2) is 30.5 Å². The van der Waals surface area contributed by atoms with Gasteiger partial charge < -0.3 is 10.1 Å². The van der Waals surface area contributed by atoms with Crippen LogP contribution in [0.3, 0.4) is 0 Å². The monoisotopic (exact) mass is 481 g/mol. The summed E-state index contributed by atoms with van der Waals surface area (Å²) in [5, 5.41) is 15.1. The number of fused-ring (bicyclic) bond motifs is 1. The number of hydrogen-bond acceptors (Lipinski definition) is 7. The van der Waals surface area contributed by atoms with Crippen LogP contribution < -0.4 is 10.1 Å². The van der Waals surface area contributed by atoms with E-state index in [0.29, 0.717) is 39.8 Å². The number of nitriles is 1. The largest absolute Gasteiger partial charge is 0.453 e. The molecule has 4 aromatic rings. The van der Waals surface area contributed by atoms with Crippen LogP contribution in [0.5, 0.6) is 11.6 Å². The molecule has 35 heavy (non-hydrogen) atoms. The normalized spacial score (nSPS) is 11.3. The molecule has 0 aliphatic heterocycles. The molecule has 0 fully saturated rings. The number of rotatable bonds is 6. The number of hydrogen-bond donors (Lipinski definition) is 1. The van der Waals surface area contributed by atoms with Crippen molar-refractivity contribution in [3.05, 3.63) is 70.9 Å². The van der Waals surface area contributed by atoms with Gasteiger partial charge in [-0.15, -0.1) is 5.10 Å². The second-order valence-corrected chi connectivity index (χ2v) is 7.58. The van der Waals surface area contributed by atoms with E-state index >= 15 is 0 Å². The summed E-state index contributed by atoms with van der Waals surface area (Å²) in [6, 6.07) is 11.8. The van der Waals surface area contributed by atoms with Crippen molar-refractivity contribution in [2.45, 2.75) is 32.9 Å². The maximum atomic E-state index is 12.9. The Balaban J connectivity index is 1.38. The number of alkyl halides is 3. The molecule has 0 atom stereocenters. The number of amides is 1. The standard InChI is InChI=1S/C23H18F3N7O2/c1-13-18(14(2)33-22(29-13)31-21(32-33)23(24,25)26)8-9-19(34)30-16-5-10-20(28-12-16)35-17-6-3-15(11-27)4-7-17/h3-7,10,12H,8-9H2,1-2H3,(H,30,34). The number of pyridine rings is 1. The van der Waals surface area contributed by atoms with Crippen molar-refractivity contribution in [1.29, 1.82) is 5.26 Å². The van der Waals surface area contributed by atoms with E-state index in [9.17, 15) is 18.0 Å². The predicted octanol–water partition coefficient (Wildman–Crippen LogP) is 4.39. The number of carbonyl (C=O) groups is 1. The van der Waals surface area contributed by atoms with Crippen LogP contribution in [-0.2, 0) is 17.4 Å². The molecule has 0 spiro atoms. The van der Waals surface area contributed by atoms with Gasteiger partial charge in [0.1, 0.15) is 5.75 Å². The molecule has 178 valence electrons. The first-order valence-electron chi connectivity index (χ1n) is 10.4. The van der Waals surface area contributed by atoms with Gasteiger partial charge in [-0.05, 0) is 56.2 Å². The molecular weight excluding hydrogens is 463 g/mol. The average Bonchev–Trinajstić information content (AvgIpc) is 3.26. The molecule has 1 aromatic carbocycles. The van der Waals surface area contributed by atoms with Crippen LogP contribution in [0.15, 0.2) is 42.6 Å². The van der Waals surface area contributed by atoms with E-state index in [1.807, 2.05) is 6.07 Å². The Bertz CT molecular complexity index is 1420. The highest BCUT2D eigenvalue weighted by molar-refractivity contribution is 5.90. The lowest BCUT2D eigenvalue weighted by Crippen LogP contribution is -2.14. The van der Waals surface area contributed by atoms with Gasteiger partial charge in [0.2, 0.25) is 11.8 Å². The highest BCUT2D eigenvalue weighted by Gasteiger charge is 2.37. The fourth-order valence-corrected chi connectivity index (χ4v) is 3.39. The Morgan fingerprint density at radius 3 is 2.51 bits per heavy atom. The number of nitrogens with one attached hydrogen (secondary N) is 1. The smallest absolute Gasteiger partial charge is 0.439 e. The zero-order chi connectivity index (χ0) is 25.2. The van der Waals surface area contributed by atoms with Crippen LogP contribution in [0.1, 0.15) is 34.8 Å². The fourth-order valence-electron chi connectivity index (χ4n) is 3.39. The minimum Gasteiger partial charge on any atom is -0.439 e. The average molecular weight is 481 g/mol. The topological polar surface area (TPSA) is 118 Å². The number of anilines is 1. The first-order chi connectivity index (χ1) is 16.6. The summed E-state index contributed by atoms with van der Waals surface area (Å²) in [4.78, 5) is 24.1. The van der Waals surface area contributed by atoms with Crippen molar-refractivity contribution in [2.75, 3.05) is 5.32 Å². The first kappa shape index (κ1) is 23.6. The Morgan fingerprint density at radius 1 is 1.14 bits per heavy atom. The summed E-state index contributed by atoms with van der Waals surface area (Å²) >= 11 is 0. The van der Waals surface area contributed by atoms with Gasteiger partial charge in [-0.2, -0.15) is 23.4 Å². The van der Waals surface area contributed by atoms with E-state index in [0.717, 1.165) is 4.52 Å². The molecule has 0 saturated heterocycles. The van der Waals surface area contributed by atoms with E-state index in [4.69, 9.17) is 10.00 Å². The van der Waals surface area contributed by atoms with E-state index in [1.165, 1.54) is 6.20 Å². The fraction of sp³-hybridized carbons (Fsp3) is 0.217. The maximum Gasteiger partial charge on any atom is 0.453 e. The van der Waals surface area contributed by atoms with E-state index in [1.54, 1.807) is 50.2 Å². The minimum absolute atomic E-state index is 0.0686. The van der Waals surface area contributed by atoms with E-state index < -0.39 is 12.0 Å². The summed E-state index contributed by atoms with van der Waals surface area (Å²) in [7, 11) is 0. The zero-order valence-electron chi connectivity index (χ0n) is 18.6. The maximum absolute atomic E-state index is 12.9. The molecule has 4 rings (SSSR count). The van der Waals surface area contributed by atoms with Gasteiger partial charge in [0.05, 0.1) is 23.5 Å². The SMILES string of the molecule is Cc1nc2nc(C(F)(F)F)nn2c(C)c1CCC(=O)Nc1ccc(Oc2ccc(C#N)cc2)nc1. The molecule has 1 N–H and O–H groups in total. The quantitative estimate of drug-likeness (QED) is 0.434. The molecule has 0 unspecified atom stereocenters. The number of benzene rings is 1. The molecule has 0 bridgehead atoms. The summed E-state index contributed by atoms with van der Waals surface area (Å²) < 4.78 is 45.5.